The Hall–Kier alpha value is -2.43. The van der Waals surface area contributed by atoms with E-state index in [2.05, 4.69) is 5.32 Å². The van der Waals surface area contributed by atoms with E-state index in [9.17, 15) is 4.79 Å². The number of furan rings is 1. The summed E-state index contributed by atoms with van der Waals surface area (Å²) >= 11 is 0. The third-order valence-corrected chi connectivity index (χ3v) is 7.10. The smallest absolute Gasteiger partial charge is 0.287 e. The molecule has 0 spiro atoms. The van der Waals surface area contributed by atoms with Crippen molar-refractivity contribution in [1.82, 2.24) is 5.32 Å². The first-order chi connectivity index (χ1) is 14.1. The van der Waals surface area contributed by atoms with Gasteiger partial charge >= 0.3 is 0 Å². The lowest BCUT2D eigenvalue weighted by Crippen LogP contribution is -2.51. The van der Waals surface area contributed by atoms with Crippen molar-refractivity contribution < 1.29 is 18.7 Å². The van der Waals surface area contributed by atoms with E-state index >= 15 is 0 Å². The third-order valence-electron chi connectivity index (χ3n) is 7.10. The Balaban J connectivity index is 1.16. The SMILES string of the molecule is COc1cccc(OCc2ccc(C(=O)NCC34CC5CC(CC(C5)C3)C4)o2)c1. The van der Waals surface area contributed by atoms with Gasteiger partial charge in [0.15, 0.2) is 5.76 Å². The first-order valence-electron chi connectivity index (χ1n) is 10.7. The molecule has 4 aliphatic carbocycles. The van der Waals surface area contributed by atoms with Crippen molar-refractivity contribution in [3.05, 3.63) is 47.9 Å². The molecule has 1 aromatic carbocycles. The van der Waals surface area contributed by atoms with Gasteiger partial charge < -0.3 is 19.2 Å². The predicted molar refractivity (Wildman–Crippen MR) is 109 cm³/mol. The molecule has 4 saturated carbocycles. The van der Waals surface area contributed by atoms with Crippen LogP contribution in [0.1, 0.15) is 54.8 Å². The zero-order chi connectivity index (χ0) is 19.8. The Morgan fingerprint density at radius 1 is 1.07 bits per heavy atom. The minimum absolute atomic E-state index is 0.117. The highest BCUT2D eigenvalue weighted by atomic mass is 16.5. The van der Waals surface area contributed by atoms with Gasteiger partial charge in [0.05, 0.1) is 7.11 Å². The van der Waals surface area contributed by atoms with Crippen molar-refractivity contribution in [3.63, 3.8) is 0 Å². The number of hydrogen-bond acceptors (Lipinski definition) is 4. The fourth-order valence-electron chi connectivity index (χ4n) is 6.28. The molecule has 1 heterocycles. The molecule has 154 valence electrons. The van der Waals surface area contributed by atoms with E-state index in [-0.39, 0.29) is 12.5 Å². The van der Waals surface area contributed by atoms with Crippen molar-refractivity contribution in [1.29, 1.82) is 0 Å². The Bertz CT molecular complexity index is 851. The predicted octanol–water partition coefficient (Wildman–Crippen LogP) is 4.81. The van der Waals surface area contributed by atoms with E-state index in [1.54, 1.807) is 19.2 Å². The van der Waals surface area contributed by atoms with E-state index in [0.29, 0.717) is 22.7 Å². The molecule has 1 N–H and O–H groups in total. The summed E-state index contributed by atoms with van der Waals surface area (Å²) in [5, 5.41) is 3.17. The maximum Gasteiger partial charge on any atom is 0.287 e. The molecule has 5 heteroatoms. The van der Waals surface area contributed by atoms with Gasteiger partial charge in [0.2, 0.25) is 0 Å². The lowest BCUT2D eigenvalue weighted by atomic mass is 9.49. The molecular weight excluding hydrogens is 366 g/mol. The monoisotopic (exact) mass is 395 g/mol. The van der Waals surface area contributed by atoms with Gasteiger partial charge in [0.25, 0.3) is 5.91 Å². The van der Waals surface area contributed by atoms with Crippen LogP contribution in [-0.2, 0) is 6.61 Å². The first-order valence-corrected chi connectivity index (χ1v) is 10.7. The van der Waals surface area contributed by atoms with E-state index in [0.717, 1.165) is 30.0 Å². The molecule has 1 aromatic heterocycles. The maximum atomic E-state index is 12.6. The number of amides is 1. The number of hydrogen-bond donors (Lipinski definition) is 1. The molecule has 2 aromatic rings. The molecule has 0 atom stereocenters. The summed E-state index contributed by atoms with van der Waals surface area (Å²) in [5.74, 6) is 4.99. The Morgan fingerprint density at radius 2 is 1.76 bits per heavy atom. The maximum absolute atomic E-state index is 12.6. The average molecular weight is 395 g/mol. The minimum atomic E-state index is -0.117. The molecule has 0 saturated heterocycles. The second-order valence-electron chi connectivity index (χ2n) is 9.33. The van der Waals surface area contributed by atoms with Crippen molar-refractivity contribution in [2.75, 3.05) is 13.7 Å². The normalized spacial score (nSPS) is 29.6. The van der Waals surface area contributed by atoms with Crippen molar-refractivity contribution in [2.24, 2.45) is 23.2 Å². The van der Waals surface area contributed by atoms with Crippen molar-refractivity contribution in [3.8, 4) is 11.5 Å². The molecular formula is C24H29NO4. The molecule has 1 amide bonds. The summed E-state index contributed by atoms with van der Waals surface area (Å²) in [7, 11) is 1.62. The van der Waals surface area contributed by atoms with E-state index < -0.39 is 0 Å². The van der Waals surface area contributed by atoms with Gasteiger partial charge in [-0.25, -0.2) is 0 Å². The molecule has 6 rings (SSSR count). The first kappa shape index (κ1) is 18.6. The molecule has 29 heavy (non-hydrogen) atoms. The van der Waals surface area contributed by atoms with E-state index in [1.165, 1.54) is 38.5 Å². The van der Waals surface area contributed by atoms with Gasteiger partial charge in [-0.3, -0.25) is 4.79 Å². The van der Waals surface area contributed by atoms with E-state index in [4.69, 9.17) is 13.9 Å². The summed E-state index contributed by atoms with van der Waals surface area (Å²) in [5.41, 5.74) is 0.329. The van der Waals surface area contributed by atoms with Crippen LogP contribution >= 0.6 is 0 Å². The van der Waals surface area contributed by atoms with Gasteiger partial charge in [0.1, 0.15) is 23.9 Å². The van der Waals surface area contributed by atoms with Crippen LogP contribution in [0.5, 0.6) is 11.5 Å². The molecule has 4 aliphatic rings. The summed E-state index contributed by atoms with van der Waals surface area (Å²) in [6.07, 6.45) is 8.12. The van der Waals surface area contributed by atoms with Crippen LogP contribution in [-0.4, -0.2) is 19.6 Å². The van der Waals surface area contributed by atoms with Crippen LogP contribution in [0.15, 0.2) is 40.8 Å². The number of ether oxygens (including phenoxy) is 2. The standard InChI is InChI=1S/C24H29NO4/c1-27-19-3-2-4-20(10-19)28-14-21-5-6-22(29-21)23(26)25-15-24-11-16-7-17(12-24)9-18(8-16)13-24/h2-6,10,16-18H,7-9,11-15H2,1H3,(H,25,26). The highest BCUT2D eigenvalue weighted by Gasteiger charge is 2.50. The van der Waals surface area contributed by atoms with Crippen LogP contribution in [0.25, 0.3) is 0 Å². The van der Waals surface area contributed by atoms with Gasteiger partial charge in [-0.2, -0.15) is 0 Å². The van der Waals surface area contributed by atoms with Crippen LogP contribution < -0.4 is 14.8 Å². The number of rotatable bonds is 7. The second kappa shape index (κ2) is 7.43. The lowest BCUT2D eigenvalue weighted by molar-refractivity contribution is -0.0504. The quantitative estimate of drug-likeness (QED) is 0.731. The average Bonchev–Trinajstić information content (AvgIpc) is 3.19. The third kappa shape index (κ3) is 3.87. The summed E-state index contributed by atoms with van der Waals surface area (Å²) in [6, 6.07) is 11.0. The molecule has 4 bridgehead atoms. The van der Waals surface area contributed by atoms with Crippen LogP contribution in [0.2, 0.25) is 0 Å². The van der Waals surface area contributed by atoms with E-state index in [1.807, 2.05) is 24.3 Å². The van der Waals surface area contributed by atoms with Gasteiger partial charge in [-0.05, 0) is 86.0 Å². The van der Waals surface area contributed by atoms with Crippen molar-refractivity contribution >= 4 is 5.91 Å². The van der Waals surface area contributed by atoms with Crippen LogP contribution in [0, 0.1) is 23.2 Å². The summed E-state index contributed by atoms with van der Waals surface area (Å²) in [4.78, 5) is 12.6. The largest absolute Gasteiger partial charge is 0.497 e. The van der Waals surface area contributed by atoms with Gasteiger partial charge in [-0.1, -0.05) is 6.07 Å². The minimum Gasteiger partial charge on any atom is -0.497 e. The Labute approximate surface area is 171 Å². The fraction of sp³-hybridized carbons (Fsp3) is 0.542. The highest BCUT2D eigenvalue weighted by Crippen LogP contribution is 2.59. The number of methoxy groups -OCH3 is 1. The number of carbonyl (C=O) groups is 1. The number of carbonyl (C=O) groups excluding carboxylic acids is 1. The summed E-state index contributed by atoms with van der Waals surface area (Å²) in [6.45, 7) is 1.06. The molecule has 0 unspecified atom stereocenters. The van der Waals surface area contributed by atoms with Crippen molar-refractivity contribution in [2.45, 2.75) is 45.1 Å². The summed E-state index contributed by atoms with van der Waals surface area (Å²) < 4.78 is 16.7. The zero-order valence-corrected chi connectivity index (χ0v) is 17.0. The molecule has 0 aliphatic heterocycles. The van der Waals surface area contributed by atoms with Crippen LogP contribution in [0.3, 0.4) is 0 Å². The lowest BCUT2D eigenvalue weighted by Gasteiger charge is -2.56. The Morgan fingerprint density at radius 3 is 2.45 bits per heavy atom. The second-order valence-corrected chi connectivity index (χ2v) is 9.33. The highest BCUT2D eigenvalue weighted by molar-refractivity contribution is 5.91. The Kier molecular flexibility index (Phi) is 4.76. The zero-order valence-electron chi connectivity index (χ0n) is 17.0. The topological polar surface area (TPSA) is 60.7 Å². The molecule has 0 radical (unpaired) electrons. The molecule has 4 fully saturated rings. The van der Waals surface area contributed by atoms with Gasteiger partial charge in [-0.15, -0.1) is 0 Å². The number of benzene rings is 1. The molecule has 5 nitrogen and oxygen atoms in total. The van der Waals surface area contributed by atoms with Gasteiger partial charge in [0, 0.05) is 12.6 Å². The fourth-order valence-corrected chi connectivity index (χ4v) is 6.28. The number of nitrogens with one attached hydrogen (secondary N) is 1. The van der Waals surface area contributed by atoms with Crippen LogP contribution in [0.4, 0.5) is 0 Å².